The van der Waals surface area contributed by atoms with E-state index in [4.69, 9.17) is 18.5 Å². The van der Waals surface area contributed by atoms with Crippen molar-refractivity contribution in [3.63, 3.8) is 0 Å². The van der Waals surface area contributed by atoms with Gasteiger partial charge in [0, 0.05) is 28.3 Å². The van der Waals surface area contributed by atoms with Crippen LogP contribution in [0.4, 0.5) is 0 Å². The van der Waals surface area contributed by atoms with Gasteiger partial charge in [0.05, 0.1) is 24.6 Å². The van der Waals surface area contributed by atoms with E-state index in [0.717, 1.165) is 75.2 Å². The van der Waals surface area contributed by atoms with E-state index in [1.165, 1.54) is 0 Å². The van der Waals surface area contributed by atoms with Crippen LogP contribution in [0, 0.1) is 13.8 Å². The van der Waals surface area contributed by atoms with Crippen LogP contribution in [0.25, 0.3) is 21.9 Å². The highest BCUT2D eigenvalue weighted by molar-refractivity contribution is 5.85. The van der Waals surface area contributed by atoms with Crippen LogP contribution in [0.3, 0.4) is 0 Å². The molecule has 0 unspecified atom stereocenters. The Kier molecular flexibility index (Phi) is 5.43. The maximum Gasteiger partial charge on any atom is 0.173 e. The monoisotopic (exact) mass is 394 g/mol. The smallest absolute Gasteiger partial charge is 0.173 e. The molecule has 4 aromatic rings. The Morgan fingerprint density at radius 3 is 1.59 bits per heavy atom. The lowest BCUT2D eigenvalue weighted by Gasteiger charge is -2.11. The molecule has 0 spiro atoms. The van der Waals surface area contributed by atoms with Crippen molar-refractivity contribution in [3.05, 3.63) is 46.8 Å². The molecule has 2 heterocycles. The van der Waals surface area contributed by atoms with Gasteiger partial charge in [-0.05, 0) is 51.0 Å². The van der Waals surface area contributed by atoms with Crippen LogP contribution in [0.5, 0.6) is 11.5 Å². The molecule has 0 N–H and O–H groups in total. The van der Waals surface area contributed by atoms with E-state index >= 15 is 0 Å². The van der Waals surface area contributed by atoms with Crippen LogP contribution >= 0.6 is 0 Å². The number of benzene rings is 2. The third-order valence-corrected chi connectivity index (χ3v) is 5.30. The average Bonchev–Trinajstić information content (AvgIpc) is 3.35. The first-order chi connectivity index (χ1) is 14.1. The molecule has 0 aliphatic heterocycles. The average molecular weight is 394 g/mol. The van der Waals surface area contributed by atoms with E-state index in [-0.39, 0.29) is 0 Å². The van der Waals surface area contributed by atoms with Crippen molar-refractivity contribution in [2.75, 3.05) is 13.2 Å². The van der Waals surface area contributed by atoms with Crippen molar-refractivity contribution in [2.45, 2.75) is 47.0 Å². The summed E-state index contributed by atoms with van der Waals surface area (Å²) in [5, 5.41) is 10.4. The quantitative estimate of drug-likeness (QED) is 0.365. The SMILES string of the molecule is CCc1noc2c(C)c(OCCCOc3ccc4c(CC)noc4c3C)ccc12. The van der Waals surface area contributed by atoms with E-state index in [9.17, 15) is 0 Å². The molecule has 2 aromatic heterocycles. The zero-order valence-electron chi connectivity index (χ0n) is 17.4. The number of aromatic nitrogens is 2. The number of fused-ring (bicyclic) bond motifs is 2. The second-order valence-electron chi connectivity index (χ2n) is 7.15. The summed E-state index contributed by atoms with van der Waals surface area (Å²) in [6, 6.07) is 8.01. The molecule has 0 fully saturated rings. The fraction of sp³-hybridized carbons (Fsp3) is 0.391. The lowest BCUT2D eigenvalue weighted by molar-refractivity contribution is 0.245. The van der Waals surface area contributed by atoms with Gasteiger partial charge in [0.1, 0.15) is 11.5 Å². The highest BCUT2D eigenvalue weighted by atomic mass is 16.5. The summed E-state index contributed by atoms with van der Waals surface area (Å²) in [7, 11) is 0. The van der Waals surface area contributed by atoms with Gasteiger partial charge in [-0.25, -0.2) is 0 Å². The van der Waals surface area contributed by atoms with Gasteiger partial charge < -0.3 is 18.5 Å². The summed E-state index contributed by atoms with van der Waals surface area (Å²) in [5.41, 5.74) is 5.53. The van der Waals surface area contributed by atoms with Gasteiger partial charge >= 0.3 is 0 Å². The molecule has 0 saturated carbocycles. The number of aryl methyl sites for hydroxylation is 4. The van der Waals surface area contributed by atoms with E-state index < -0.39 is 0 Å². The summed E-state index contributed by atoms with van der Waals surface area (Å²) in [6.45, 7) is 9.26. The summed E-state index contributed by atoms with van der Waals surface area (Å²) in [4.78, 5) is 0. The minimum absolute atomic E-state index is 0.560. The van der Waals surface area contributed by atoms with Crippen LogP contribution in [-0.4, -0.2) is 23.5 Å². The Hall–Kier alpha value is -3.02. The van der Waals surface area contributed by atoms with Gasteiger partial charge in [-0.2, -0.15) is 0 Å². The van der Waals surface area contributed by atoms with Crippen molar-refractivity contribution >= 4 is 21.9 Å². The number of hydrogen-bond acceptors (Lipinski definition) is 6. The van der Waals surface area contributed by atoms with E-state index in [2.05, 4.69) is 24.2 Å². The Bertz CT molecular complexity index is 1050. The normalized spacial score (nSPS) is 11.4. The largest absolute Gasteiger partial charge is 0.493 e. The van der Waals surface area contributed by atoms with Crippen LogP contribution in [-0.2, 0) is 12.8 Å². The number of ether oxygens (including phenoxy) is 2. The van der Waals surface area contributed by atoms with Gasteiger partial charge in [-0.1, -0.05) is 24.2 Å². The Morgan fingerprint density at radius 2 is 1.17 bits per heavy atom. The first kappa shape index (κ1) is 19.3. The number of hydrogen-bond donors (Lipinski definition) is 0. The highest BCUT2D eigenvalue weighted by Gasteiger charge is 2.14. The number of nitrogens with zero attached hydrogens (tertiary/aromatic N) is 2. The minimum Gasteiger partial charge on any atom is -0.493 e. The third-order valence-electron chi connectivity index (χ3n) is 5.30. The van der Waals surface area contributed by atoms with Gasteiger partial charge in [0.25, 0.3) is 0 Å². The van der Waals surface area contributed by atoms with E-state index in [1.807, 2.05) is 38.1 Å². The Balaban J connectivity index is 1.34. The Morgan fingerprint density at radius 1 is 0.724 bits per heavy atom. The summed E-state index contributed by atoms with van der Waals surface area (Å²) in [6.07, 6.45) is 2.47. The fourth-order valence-corrected chi connectivity index (χ4v) is 3.58. The molecule has 0 radical (unpaired) electrons. The van der Waals surface area contributed by atoms with Gasteiger partial charge in [-0.15, -0.1) is 0 Å². The topological polar surface area (TPSA) is 70.5 Å². The van der Waals surface area contributed by atoms with E-state index in [1.54, 1.807) is 0 Å². The predicted octanol–water partition coefficient (Wildman–Crippen LogP) is 5.56. The fourth-order valence-electron chi connectivity index (χ4n) is 3.58. The number of rotatable bonds is 8. The van der Waals surface area contributed by atoms with Gasteiger partial charge in [-0.3, -0.25) is 0 Å². The predicted molar refractivity (Wildman–Crippen MR) is 112 cm³/mol. The van der Waals surface area contributed by atoms with E-state index in [0.29, 0.717) is 13.2 Å². The van der Waals surface area contributed by atoms with Gasteiger partial charge in [0.2, 0.25) is 0 Å². The first-order valence-corrected chi connectivity index (χ1v) is 10.1. The molecule has 6 nitrogen and oxygen atoms in total. The summed E-state index contributed by atoms with van der Waals surface area (Å²) >= 11 is 0. The Labute approximate surface area is 169 Å². The van der Waals surface area contributed by atoms with Crippen molar-refractivity contribution in [1.82, 2.24) is 10.3 Å². The molecule has 4 rings (SSSR count). The molecular weight excluding hydrogens is 368 g/mol. The lowest BCUT2D eigenvalue weighted by Crippen LogP contribution is -2.06. The highest BCUT2D eigenvalue weighted by Crippen LogP contribution is 2.31. The van der Waals surface area contributed by atoms with Crippen molar-refractivity contribution in [3.8, 4) is 11.5 Å². The molecule has 0 atom stereocenters. The zero-order chi connectivity index (χ0) is 20.4. The lowest BCUT2D eigenvalue weighted by atomic mass is 10.1. The maximum absolute atomic E-state index is 5.95. The van der Waals surface area contributed by atoms with Gasteiger partial charge in [0.15, 0.2) is 11.2 Å². The molecule has 0 amide bonds. The standard InChI is InChI=1S/C23H26N2O4/c1-5-18-16-8-10-20(14(3)22(16)28-24-18)26-12-7-13-27-21-11-9-17-19(6-2)25-29-23(17)15(21)4/h8-11H,5-7,12-13H2,1-4H3. The van der Waals surface area contributed by atoms with Crippen molar-refractivity contribution < 1.29 is 18.5 Å². The summed E-state index contributed by atoms with van der Waals surface area (Å²) in [5.74, 6) is 1.64. The molecule has 0 saturated heterocycles. The van der Waals surface area contributed by atoms with Crippen LogP contribution in [0.15, 0.2) is 33.3 Å². The van der Waals surface area contributed by atoms with Crippen molar-refractivity contribution in [1.29, 1.82) is 0 Å². The maximum atomic E-state index is 5.95. The molecule has 6 heteroatoms. The molecule has 2 aromatic carbocycles. The summed E-state index contributed by atoms with van der Waals surface area (Å²) < 4.78 is 22.9. The van der Waals surface area contributed by atoms with Crippen LogP contribution < -0.4 is 9.47 Å². The minimum atomic E-state index is 0.560. The molecule has 0 bridgehead atoms. The first-order valence-electron chi connectivity index (χ1n) is 10.1. The molecule has 152 valence electrons. The second kappa shape index (κ2) is 8.15. The molecule has 29 heavy (non-hydrogen) atoms. The third kappa shape index (κ3) is 3.55. The van der Waals surface area contributed by atoms with Crippen LogP contribution in [0.2, 0.25) is 0 Å². The molecule has 0 aliphatic carbocycles. The second-order valence-corrected chi connectivity index (χ2v) is 7.15. The van der Waals surface area contributed by atoms with Crippen molar-refractivity contribution in [2.24, 2.45) is 0 Å². The van der Waals surface area contributed by atoms with Crippen LogP contribution in [0.1, 0.15) is 42.8 Å². The molecular formula is C23H26N2O4. The molecule has 0 aliphatic rings. The zero-order valence-corrected chi connectivity index (χ0v) is 17.4.